The largest absolute Gasteiger partial charge is 0.490 e. The molecule has 4 N–H and O–H groups in total. The van der Waals surface area contributed by atoms with Gasteiger partial charge in [-0.25, -0.2) is 4.79 Å². The Hall–Kier alpha value is -3.08. The summed E-state index contributed by atoms with van der Waals surface area (Å²) in [5.41, 5.74) is 6.44. The van der Waals surface area contributed by atoms with Gasteiger partial charge in [0.1, 0.15) is 12.4 Å². The first-order valence-electron chi connectivity index (χ1n) is 10.6. The number of hydrogen-bond acceptors (Lipinski definition) is 5. The Kier molecular flexibility index (Phi) is 7.31. The van der Waals surface area contributed by atoms with Gasteiger partial charge < -0.3 is 25.8 Å². The van der Waals surface area contributed by atoms with E-state index in [0.29, 0.717) is 30.9 Å². The summed E-state index contributed by atoms with van der Waals surface area (Å²) in [4.78, 5) is 36.2. The van der Waals surface area contributed by atoms with Crippen LogP contribution < -0.4 is 15.8 Å². The van der Waals surface area contributed by atoms with Crippen molar-refractivity contribution >= 4 is 17.8 Å². The number of rotatable bonds is 0. The number of ether oxygens (including phenoxy) is 1. The van der Waals surface area contributed by atoms with Crippen LogP contribution in [0.2, 0.25) is 0 Å². The van der Waals surface area contributed by atoms with Crippen LogP contribution in [-0.4, -0.2) is 65.2 Å². The van der Waals surface area contributed by atoms with E-state index < -0.39 is 18.2 Å². The fraction of sp³-hybridized carbons (Fsp3) is 0.500. The maximum Gasteiger partial charge on any atom is 0.490 e. The Balaban J connectivity index is 0.000000383. The molecular weight excluding hydrogens is 443 g/mol. The van der Waals surface area contributed by atoms with Gasteiger partial charge in [-0.2, -0.15) is 13.2 Å². The van der Waals surface area contributed by atoms with Crippen molar-refractivity contribution in [3.05, 3.63) is 42.0 Å². The Morgan fingerprint density at radius 2 is 1.88 bits per heavy atom. The molecule has 2 fully saturated rings. The zero-order valence-electron chi connectivity index (χ0n) is 17.8. The van der Waals surface area contributed by atoms with Crippen LogP contribution >= 0.6 is 0 Å². The van der Waals surface area contributed by atoms with E-state index in [0.717, 1.165) is 25.8 Å². The first-order valence-corrected chi connectivity index (χ1v) is 10.6. The third-order valence-electron chi connectivity index (χ3n) is 6.02. The molecule has 33 heavy (non-hydrogen) atoms. The molecule has 4 rings (SSSR count). The molecule has 1 aliphatic carbocycles. The third-order valence-corrected chi connectivity index (χ3v) is 6.02. The molecule has 0 aromatic heterocycles. The number of benzene rings is 1. The Morgan fingerprint density at radius 1 is 1.21 bits per heavy atom. The number of carbonyl (C=O) groups excluding carboxylic acids is 2. The molecule has 2 aliphatic heterocycles. The summed E-state index contributed by atoms with van der Waals surface area (Å²) in [6.07, 6.45) is 1.96. The molecule has 2 atom stereocenters. The SMILES string of the molecule is NC1C/C=C/COc2ccccc2C(=O)NC2(CC2)C2CCN(C2)C1=O.O=C(O)C(F)(F)F. The molecule has 11 heteroatoms. The molecule has 2 amide bonds. The molecule has 2 unspecified atom stereocenters. The summed E-state index contributed by atoms with van der Waals surface area (Å²) >= 11 is 0. The number of hydrogen-bond donors (Lipinski definition) is 3. The lowest BCUT2D eigenvalue weighted by Gasteiger charge is -2.26. The minimum absolute atomic E-state index is 0.00153. The third kappa shape index (κ3) is 6.04. The molecule has 2 bridgehead atoms. The van der Waals surface area contributed by atoms with Gasteiger partial charge in [0.05, 0.1) is 11.6 Å². The molecule has 3 aliphatic rings. The second kappa shape index (κ2) is 9.82. The number of nitrogens with zero attached hydrogens (tertiary/aromatic N) is 1. The van der Waals surface area contributed by atoms with E-state index in [1.54, 1.807) is 6.07 Å². The first kappa shape index (κ1) is 24.6. The monoisotopic (exact) mass is 469 g/mol. The zero-order chi connectivity index (χ0) is 24.2. The van der Waals surface area contributed by atoms with Crippen LogP contribution in [0.1, 0.15) is 36.0 Å². The van der Waals surface area contributed by atoms with Crippen molar-refractivity contribution in [2.24, 2.45) is 11.7 Å². The Morgan fingerprint density at radius 3 is 2.52 bits per heavy atom. The van der Waals surface area contributed by atoms with Crippen molar-refractivity contribution in [3.8, 4) is 5.75 Å². The summed E-state index contributed by atoms with van der Waals surface area (Å²) in [6, 6.07) is 6.79. The zero-order valence-corrected chi connectivity index (χ0v) is 17.8. The normalized spacial score (nSPS) is 25.4. The predicted molar refractivity (Wildman–Crippen MR) is 111 cm³/mol. The number of carboxylic acids is 1. The van der Waals surface area contributed by atoms with Crippen molar-refractivity contribution in [1.82, 2.24) is 10.2 Å². The second-order valence-corrected chi connectivity index (χ2v) is 8.30. The summed E-state index contributed by atoms with van der Waals surface area (Å²) < 4.78 is 37.5. The summed E-state index contributed by atoms with van der Waals surface area (Å²) in [6.45, 7) is 1.73. The van der Waals surface area contributed by atoms with Crippen molar-refractivity contribution in [2.75, 3.05) is 19.7 Å². The van der Waals surface area contributed by atoms with Crippen molar-refractivity contribution in [3.63, 3.8) is 0 Å². The standard InChI is InChI=1S/C20H25N3O3.C2HF3O2/c21-16-6-3-4-12-26-17-7-2-1-5-15(17)18(24)22-20(9-10-20)14-8-11-23(13-14)19(16)25;3-2(4,5)1(6)7/h1-5,7,14,16H,6,8-13,21H2,(H,22,24);(H,6,7)/b4-3+;. The number of amides is 2. The van der Waals surface area contributed by atoms with Crippen LogP contribution in [0.3, 0.4) is 0 Å². The number of alkyl halides is 3. The van der Waals surface area contributed by atoms with Crippen LogP contribution in [0, 0.1) is 5.92 Å². The fourth-order valence-electron chi connectivity index (χ4n) is 4.04. The van der Waals surface area contributed by atoms with Crippen molar-refractivity contribution < 1.29 is 37.4 Å². The van der Waals surface area contributed by atoms with Gasteiger partial charge in [-0.05, 0) is 37.8 Å². The highest BCUT2D eigenvalue weighted by Crippen LogP contribution is 2.46. The predicted octanol–water partition coefficient (Wildman–Crippen LogP) is 2.10. The van der Waals surface area contributed by atoms with Crippen molar-refractivity contribution in [1.29, 1.82) is 0 Å². The number of nitrogens with one attached hydrogen (secondary N) is 1. The van der Waals surface area contributed by atoms with E-state index in [-0.39, 0.29) is 23.3 Å². The average molecular weight is 469 g/mol. The highest BCUT2D eigenvalue weighted by atomic mass is 19.4. The van der Waals surface area contributed by atoms with Gasteiger partial charge in [0.15, 0.2) is 0 Å². The fourth-order valence-corrected chi connectivity index (χ4v) is 4.04. The molecular formula is C22H26F3N3O5. The molecule has 0 radical (unpaired) electrons. The Bertz CT molecular complexity index is 930. The van der Waals surface area contributed by atoms with E-state index in [1.807, 2.05) is 35.3 Å². The molecule has 1 aromatic rings. The van der Waals surface area contributed by atoms with E-state index in [9.17, 15) is 22.8 Å². The number of fused-ring (bicyclic) bond motifs is 4. The number of carbonyl (C=O) groups is 3. The Labute approximate surface area is 188 Å². The summed E-state index contributed by atoms with van der Waals surface area (Å²) in [5, 5.41) is 10.4. The van der Waals surface area contributed by atoms with Crippen LogP contribution in [-0.2, 0) is 9.59 Å². The van der Waals surface area contributed by atoms with E-state index in [2.05, 4.69) is 5.32 Å². The maximum atomic E-state index is 12.9. The number of para-hydroxylation sites is 1. The number of nitrogens with two attached hydrogens (primary N) is 1. The van der Waals surface area contributed by atoms with Crippen molar-refractivity contribution in [2.45, 2.75) is 43.4 Å². The number of halogens is 3. The van der Waals surface area contributed by atoms with Crippen LogP contribution in [0.25, 0.3) is 0 Å². The lowest BCUT2D eigenvalue weighted by molar-refractivity contribution is -0.192. The quantitative estimate of drug-likeness (QED) is 0.501. The second-order valence-electron chi connectivity index (χ2n) is 8.30. The average Bonchev–Trinajstić information content (AvgIpc) is 3.36. The number of aliphatic carboxylic acids is 1. The molecule has 8 nitrogen and oxygen atoms in total. The first-order chi connectivity index (χ1) is 15.5. The minimum atomic E-state index is -5.08. The molecule has 1 saturated heterocycles. The molecule has 1 saturated carbocycles. The highest BCUT2D eigenvalue weighted by molar-refractivity contribution is 5.97. The maximum absolute atomic E-state index is 12.9. The van der Waals surface area contributed by atoms with Gasteiger partial charge in [0.25, 0.3) is 5.91 Å². The topological polar surface area (TPSA) is 122 Å². The summed E-state index contributed by atoms with van der Waals surface area (Å²) in [7, 11) is 0. The number of carboxylic acid groups (broad SMARTS) is 1. The minimum Gasteiger partial charge on any atom is -0.489 e. The summed E-state index contributed by atoms with van der Waals surface area (Å²) in [5.74, 6) is -1.99. The van der Waals surface area contributed by atoms with Crippen LogP contribution in [0.15, 0.2) is 36.4 Å². The molecule has 2 heterocycles. The lowest BCUT2D eigenvalue weighted by Crippen LogP contribution is -2.46. The van der Waals surface area contributed by atoms with E-state index in [1.165, 1.54) is 0 Å². The lowest BCUT2D eigenvalue weighted by atomic mass is 9.95. The molecule has 1 spiro atoms. The van der Waals surface area contributed by atoms with Gasteiger partial charge in [-0.15, -0.1) is 0 Å². The van der Waals surface area contributed by atoms with E-state index >= 15 is 0 Å². The van der Waals surface area contributed by atoms with Gasteiger partial charge in [0.2, 0.25) is 5.91 Å². The van der Waals surface area contributed by atoms with Gasteiger partial charge >= 0.3 is 12.1 Å². The molecule has 180 valence electrons. The van der Waals surface area contributed by atoms with Crippen LogP contribution in [0.4, 0.5) is 13.2 Å². The smallest absolute Gasteiger partial charge is 0.489 e. The molecule has 1 aromatic carbocycles. The van der Waals surface area contributed by atoms with Crippen LogP contribution in [0.5, 0.6) is 5.75 Å². The van der Waals surface area contributed by atoms with Gasteiger partial charge in [0, 0.05) is 24.5 Å². The highest BCUT2D eigenvalue weighted by Gasteiger charge is 2.53. The van der Waals surface area contributed by atoms with Gasteiger partial charge in [-0.1, -0.05) is 24.3 Å². The van der Waals surface area contributed by atoms with E-state index in [4.69, 9.17) is 20.4 Å². The van der Waals surface area contributed by atoms with Gasteiger partial charge in [-0.3, -0.25) is 9.59 Å².